The molecule has 0 N–H and O–H groups in total. The van der Waals surface area contributed by atoms with Crippen LogP contribution in [0.5, 0.6) is 0 Å². The second-order valence-corrected chi connectivity index (χ2v) is 2.41. The van der Waals surface area contributed by atoms with Gasteiger partial charge in [-0.05, 0) is 18.1 Å². The molecule has 2 heteroatoms. The second kappa shape index (κ2) is 14.7. The predicted molar refractivity (Wildman–Crippen MR) is 66.8 cm³/mol. The summed E-state index contributed by atoms with van der Waals surface area (Å²) in [6, 6.07) is 6.00. The molecule has 1 aromatic rings. The van der Waals surface area contributed by atoms with Gasteiger partial charge >= 0.3 is 0 Å². The molecular formula is C12H23BN. The first-order valence-corrected chi connectivity index (χ1v) is 5.21. The van der Waals surface area contributed by atoms with Crippen molar-refractivity contribution in [1.82, 2.24) is 4.98 Å². The molecule has 0 spiro atoms. The van der Waals surface area contributed by atoms with Crippen molar-refractivity contribution in [3.05, 3.63) is 30.1 Å². The average Bonchev–Trinajstić information content (AvgIpc) is 2.25. The van der Waals surface area contributed by atoms with Crippen molar-refractivity contribution in [1.29, 1.82) is 0 Å². The Morgan fingerprint density at radius 3 is 1.71 bits per heavy atom. The van der Waals surface area contributed by atoms with E-state index in [0.717, 1.165) is 5.69 Å². The molecule has 1 heterocycles. The molecule has 0 unspecified atom stereocenters. The third-order valence-corrected chi connectivity index (χ3v) is 1.28. The summed E-state index contributed by atoms with van der Waals surface area (Å²) >= 11 is 0. The first kappa shape index (κ1) is 18.9. The maximum atomic E-state index is 4.18. The number of hydrogen-bond donors (Lipinski definition) is 0. The highest BCUT2D eigenvalue weighted by atomic mass is 14.7. The largest absolute Gasteiger partial charge is 0.261 e. The molecule has 0 atom stereocenters. The van der Waals surface area contributed by atoms with Gasteiger partial charge in [-0.25, -0.2) is 0 Å². The van der Waals surface area contributed by atoms with Gasteiger partial charge in [0.05, 0.1) is 0 Å². The van der Waals surface area contributed by atoms with Crippen LogP contribution >= 0.6 is 0 Å². The van der Waals surface area contributed by atoms with Crippen LogP contribution < -0.4 is 0 Å². The fourth-order valence-electron chi connectivity index (χ4n) is 0.717. The van der Waals surface area contributed by atoms with E-state index in [2.05, 4.69) is 18.8 Å². The molecule has 0 fully saturated rings. The zero-order valence-electron chi connectivity index (χ0n) is 10.4. The molecule has 0 bridgehead atoms. The molecule has 0 saturated heterocycles. The monoisotopic (exact) mass is 192 g/mol. The molecule has 0 aliphatic rings. The Balaban J connectivity index is -0.000000216. The summed E-state index contributed by atoms with van der Waals surface area (Å²) in [6.07, 6.45) is 1.83. The molecule has 0 amide bonds. The van der Waals surface area contributed by atoms with Gasteiger partial charge in [0.15, 0.2) is 0 Å². The summed E-state index contributed by atoms with van der Waals surface area (Å²) in [5, 5.41) is 0. The van der Waals surface area contributed by atoms with Crippen LogP contribution in [0.4, 0.5) is 0 Å². The number of nitrogens with zero attached hydrogens (tertiary/aromatic N) is 1. The first-order valence-electron chi connectivity index (χ1n) is 5.21. The van der Waals surface area contributed by atoms with Crippen molar-refractivity contribution in [3.8, 4) is 0 Å². The number of rotatable bonds is 1. The minimum absolute atomic E-state index is 0. The minimum Gasteiger partial charge on any atom is -0.261 e. The Bertz CT molecular complexity index is 173. The van der Waals surface area contributed by atoms with Crippen LogP contribution in [0.2, 0.25) is 0 Å². The first-order chi connectivity index (χ1) is 6.30. The summed E-state index contributed by atoms with van der Waals surface area (Å²) in [5.74, 6) is 0.547. The van der Waals surface area contributed by atoms with Crippen LogP contribution in [-0.2, 0) is 0 Å². The quantitative estimate of drug-likeness (QED) is 0.615. The molecule has 0 aromatic carbocycles. The van der Waals surface area contributed by atoms with Gasteiger partial charge in [0.25, 0.3) is 0 Å². The zero-order chi connectivity index (χ0) is 10.7. The van der Waals surface area contributed by atoms with E-state index < -0.39 is 0 Å². The van der Waals surface area contributed by atoms with Crippen LogP contribution in [0, 0.1) is 0 Å². The second-order valence-electron chi connectivity index (χ2n) is 2.41. The fourth-order valence-corrected chi connectivity index (χ4v) is 0.717. The summed E-state index contributed by atoms with van der Waals surface area (Å²) in [4.78, 5) is 4.18. The van der Waals surface area contributed by atoms with Crippen LogP contribution in [0.25, 0.3) is 0 Å². The van der Waals surface area contributed by atoms with Gasteiger partial charge < -0.3 is 0 Å². The Morgan fingerprint density at radius 1 is 1.00 bits per heavy atom. The van der Waals surface area contributed by atoms with Gasteiger partial charge in [-0.15, -0.1) is 0 Å². The lowest BCUT2D eigenvalue weighted by Crippen LogP contribution is -1.88. The van der Waals surface area contributed by atoms with Crippen LogP contribution in [0.15, 0.2) is 24.4 Å². The van der Waals surface area contributed by atoms with Gasteiger partial charge in [0.1, 0.15) is 0 Å². The van der Waals surface area contributed by atoms with Crippen molar-refractivity contribution < 1.29 is 0 Å². The van der Waals surface area contributed by atoms with Crippen LogP contribution in [-0.4, -0.2) is 13.4 Å². The van der Waals surface area contributed by atoms with E-state index in [1.165, 1.54) is 0 Å². The SMILES string of the molecule is CC.CC.CC(C)c1ccccn1.[B]. The van der Waals surface area contributed by atoms with E-state index >= 15 is 0 Å². The lowest BCUT2D eigenvalue weighted by molar-refractivity contribution is 0.823. The minimum atomic E-state index is 0. The van der Waals surface area contributed by atoms with Gasteiger partial charge in [-0.1, -0.05) is 47.6 Å². The zero-order valence-corrected chi connectivity index (χ0v) is 10.4. The van der Waals surface area contributed by atoms with E-state index in [0.29, 0.717) is 5.92 Å². The van der Waals surface area contributed by atoms with E-state index in [-0.39, 0.29) is 8.41 Å². The van der Waals surface area contributed by atoms with Gasteiger partial charge in [-0.2, -0.15) is 0 Å². The summed E-state index contributed by atoms with van der Waals surface area (Å²) in [7, 11) is 0. The van der Waals surface area contributed by atoms with E-state index in [9.17, 15) is 0 Å². The lowest BCUT2D eigenvalue weighted by atomic mass is 10.1. The highest BCUT2D eigenvalue weighted by molar-refractivity contribution is 5.75. The molecule has 0 saturated carbocycles. The lowest BCUT2D eigenvalue weighted by Gasteiger charge is -2.00. The van der Waals surface area contributed by atoms with Crippen molar-refractivity contribution in [2.45, 2.75) is 47.5 Å². The predicted octanol–water partition coefficient (Wildman–Crippen LogP) is 3.88. The van der Waals surface area contributed by atoms with Crippen molar-refractivity contribution in [2.75, 3.05) is 0 Å². The summed E-state index contributed by atoms with van der Waals surface area (Å²) < 4.78 is 0. The van der Waals surface area contributed by atoms with Gasteiger partial charge in [0, 0.05) is 20.3 Å². The van der Waals surface area contributed by atoms with Crippen molar-refractivity contribution >= 4 is 8.41 Å². The highest BCUT2D eigenvalue weighted by Crippen LogP contribution is 2.08. The van der Waals surface area contributed by atoms with Crippen LogP contribution in [0.1, 0.15) is 53.2 Å². The Labute approximate surface area is 91.5 Å². The molecule has 14 heavy (non-hydrogen) atoms. The smallest absolute Gasteiger partial charge is 0.0428 e. The van der Waals surface area contributed by atoms with E-state index in [4.69, 9.17) is 0 Å². The number of aromatic nitrogens is 1. The third kappa shape index (κ3) is 9.30. The van der Waals surface area contributed by atoms with Crippen LogP contribution in [0.3, 0.4) is 0 Å². The van der Waals surface area contributed by atoms with Gasteiger partial charge in [0.2, 0.25) is 0 Å². The molecule has 1 aromatic heterocycles. The molecular weight excluding hydrogens is 169 g/mol. The Kier molecular flexibility index (Phi) is 19.9. The molecule has 1 rings (SSSR count). The maximum Gasteiger partial charge on any atom is 0.0428 e. The molecule has 0 aliphatic heterocycles. The standard InChI is InChI=1S/C8H11N.2C2H6.B/c1-7(2)8-5-3-4-6-9-8;2*1-2;/h3-7H,1-2H3;2*1-2H3;. The molecule has 0 aliphatic carbocycles. The molecule has 1 nitrogen and oxygen atoms in total. The number of pyridine rings is 1. The van der Waals surface area contributed by atoms with Crippen molar-refractivity contribution in [2.24, 2.45) is 0 Å². The third-order valence-electron chi connectivity index (χ3n) is 1.28. The molecule has 3 radical (unpaired) electrons. The normalized spacial score (nSPS) is 7.36. The highest BCUT2D eigenvalue weighted by Gasteiger charge is 1.95. The average molecular weight is 192 g/mol. The van der Waals surface area contributed by atoms with E-state index in [1.54, 1.807) is 0 Å². The number of hydrogen-bond acceptors (Lipinski definition) is 1. The van der Waals surface area contributed by atoms with Crippen molar-refractivity contribution in [3.63, 3.8) is 0 Å². The van der Waals surface area contributed by atoms with Gasteiger partial charge in [-0.3, -0.25) is 4.98 Å². The summed E-state index contributed by atoms with van der Waals surface area (Å²) in [5.41, 5.74) is 1.16. The Morgan fingerprint density at radius 2 is 1.50 bits per heavy atom. The van der Waals surface area contributed by atoms with E-state index in [1.807, 2.05) is 52.1 Å². The maximum absolute atomic E-state index is 4.18. The topological polar surface area (TPSA) is 12.9 Å². The fraction of sp³-hybridized carbons (Fsp3) is 0.583. The Hall–Kier alpha value is -0.785. The molecule has 79 valence electrons. The summed E-state index contributed by atoms with van der Waals surface area (Å²) in [6.45, 7) is 12.3.